The lowest BCUT2D eigenvalue weighted by Gasteiger charge is -2.02. The van der Waals surface area contributed by atoms with Gasteiger partial charge in [0.15, 0.2) is 0 Å². The smallest absolute Gasteiger partial charge is 0.349 e. The third-order valence-corrected chi connectivity index (χ3v) is 4.92. The third kappa shape index (κ3) is 5.44. The summed E-state index contributed by atoms with van der Waals surface area (Å²) in [6.07, 6.45) is 7.86. The minimum absolute atomic E-state index is 0.213. The van der Waals surface area contributed by atoms with Crippen LogP contribution in [0.2, 0.25) is 0 Å². The van der Waals surface area contributed by atoms with Crippen LogP contribution >= 0.6 is 23.1 Å². The Kier molecular flexibility index (Phi) is 8.18. The van der Waals surface area contributed by atoms with Crippen molar-refractivity contribution in [3.8, 4) is 0 Å². The van der Waals surface area contributed by atoms with Crippen molar-refractivity contribution in [3.63, 3.8) is 0 Å². The summed E-state index contributed by atoms with van der Waals surface area (Å²) in [5.41, 5.74) is 0. The average Bonchev–Trinajstić information content (AvgIpc) is 2.85. The quantitative estimate of drug-likeness (QED) is 0.363. The van der Waals surface area contributed by atoms with Crippen LogP contribution in [0.3, 0.4) is 0 Å². The Morgan fingerprint density at radius 3 is 2.72 bits per heavy atom. The monoisotopic (exact) mass is 286 g/mol. The van der Waals surface area contributed by atoms with Crippen molar-refractivity contribution in [2.24, 2.45) is 0 Å². The van der Waals surface area contributed by atoms with Gasteiger partial charge >= 0.3 is 5.97 Å². The molecule has 0 spiro atoms. The number of carbonyl (C=O) groups excluding carboxylic acids is 1. The molecule has 0 N–H and O–H groups in total. The van der Waals surface area contributed by atoms with Gasteiger partial charge in [0.25, 0.3) is 0 Å². The van der Waals surface area contributed by atoms with E-state index in [9.17, 15) is 4.79 Å². The molecule has 0 bridgehead atoms. The first-order chi connectivity index (χ1) is 8.79. The van der Waals surface area contributed by atoms with Crippen molar-refractivity contribution in [2.75, 3.05) is 12.9 Å². The molecule has 102 valence electrons. The van der Waals surface area contributed by atoms with E-state index in [0.29, 0.717) is 0 Å². The molecule has 0 saturated heterocycles. The molecular formula is C14H22O2S2. The number of ether oxygens (including phenoxy) is 1. The minimum atomic E-state index is -0.213. The highest BCUT2D eigenvalue weighted by Crippen LogP contribution is 2.29. The summed E-state index contributed by atoms with van der Waals surface area (Å²) < 4.78 is 4.77. The molecule has 0 aliphatic carbocycles. The van der Waals surface area contributed by atoms with Gasteiger partial charge in [-0.2, -0.15) is 0 Å². The Morgan fingerprint density at radius 1 is 1.28 bits per heavy atom. The van der Waals surface area contributed by atoms with E-state index >= 15 is 0 Å². The summed E-state index contributed by atoms with van der Waals surface area (Å²) in [6.45, 7) is 2.24. The lowest BCUT2D eigenvalue weighted by atomic mass is 10.1. The predicted molar refractivity (Wildman–Crippen MR) is 79.8 cm³/mol. The maximum Gasteiger partial charge on any atom is 0.349 e. The maximum atomic E-state index is 11.5. The third-order valence-electron chi connectivity index (χ3n) is 2.76. The molecule has 2 nitrogen and oxygen atoms in total. The maximum absolute atomic E-state index is 11.5. The molecule has 0 amide bonds. The zero-order chi connectivity index (χ0) is 13.2. The van der Waals surface area contributed by atoms with Crippen LogP contribution in [0.25, 0.3) is 0 Å². The molecule has 0 unspecified atom stereocenters. The molecule has 0 saturated carbocycles. The second-order valence-electron chi connectivity index (χ2n) is 4.22. The predicted octanol–water partition coefficient (Wildman–Crippen LogP) is 4.99. The normalized spacial score (nSPS) is 10.6. The van der Waals surface area contributed by atoms with Gasteiger partial charge in [-0.3, -0.25) is 0 Å². The van der Waals surface area contributed by atoms with Gasteiger partial charge in [0.05, 0.1) is 7.11 Å². The van der Waals surface area contributed by atoms with E-state index in [2.05, 4.69) is 6.92 Å². The Bertz CT molecular complexity index is 347. The van der Waals surface area contributed by atoms with Crippen LogP contribution in [0.15, 0.2) is 16.3 Å². The fraction of sp³-hybridized carbons (Fsp3) is 0.643. The van der Waals surface area contributed by atoms with Crippen molar-refractivity contribution in [1.29, 1.82) is 0 Å². The van der Waals surface area contributed by atoms with Gasteiger partial charge < -0.3 is 4.74 Å². The Morgan fingerprint density at radius 2 is 2.00 bits per heavy atom. The Hall–Kier alpha value is -0.480. The number of rotatable bonds is 9. The highest BCUT2D eigenvalue weighted by Gasteiger charge is 2.13. The van der Waals surface area contributed by atoms with Crippen LogP contribution < -0.4 is 0 Å². The van der Waals surface area contributed by atoms with Crippen molar-refractivity contribution >= 4 is 29.1 Å². The lowest BCUT2D eigenvalue weighted by Crippen LogP contribution is -1.99. The standard InChI is InChI=1S/C14H22O2S2/c1-3-4-5-6-7-8-10-17-12-9-11-18-13(12)14(15)16-2/h9,11H,3-8,10H2,1-2H3. The average molecular weight is 286 g/mol. The van der Waals surface area contributed by atoms with E-state index in [4.69, 9.17) is 4.74 Å². The van der Waals surface area contributed by atoms with Crippen molar-refractivity contribution in [3.05, 3.63) is 16.3 Å². The van der Waals surface area contributed by atoms with Gasteiger partial charge in [-0.1, -0.05) is 39.0 Å². The SMILES string of the molecule is CCCCCCCCSc1ccsc1C(=O)OC. The molecule has 1 aromatic heterocycles. The van der Waals surface area contributed by atoms with E-state index in [-0.39, 0.29) is 5.97 Å². The highest BCUT2D eigenvalue weighted by molar-refractivity contribution is 7.99. The summed E-state index contributed by atoms with van der Waals surface area (Å²) in [4.78, 5) is 13.3. The molecular weight excluding hydrogens is 264 g/mol. The molecule has 0 aliphatic heterocycles. The number of hydrogen-bond donors (Lipinski definition) is 0. The number of hydrogen-bond acceptors (Lipinski definition) is 4. The minimum Gasteiger partial charge on any atom is -0.465 e. The van der Waals surface area contributed by atoms with Gasteiger partial charge in [0.1, 0.15) is 4.88 Å². The van der Waals surface area contributed by atoms with Crippen LogP contribution in [0.1, 0.15) is 55.1 Å². The van der Waals surface area contributed by atoms with E-state index in [1.807, 2.05) is 11.4 Å². The molecule has 1 heterocycles. The number of thiophene rings is 1. The van der Waals surface area contributed by atoms with Crippen LogP contribution in [0, 0.1) is 0 Å². The van der Waals surface area contributed by atoms with Crippen molar-refractivity contribution in [1.82, 2.24) is 0 Å². The molecule has 18 heavy (non-hydrogen) atoms. The van der Waals surface area contributed by atoms with Crippen LogP contribution in [0.4, 0.5) is 0 Å². The van der Waals surface area contributed by atoms with E-state index in [1.54, 1.807) is 11.8 Å². The molecule has 1 rings (SSSR count). The summed E-state index contributed by atoms with van der Waals surface area (Å²) in [5, 5.41) is 1.95. The molecule has 0 radical (unpaired) electrons. The summed E-state index contributed by atoms with van der Waals surface area (Å²) in [7, 11) is 1.43. The van der Waals surface area contributed by atoms with Crippen LogP contribution in [-0.4, -0.2) is 18.8 Å². The van der Waals surface area contributed by atoms with Gasteiger partial charge in [0, 0.05) is 4.90 Å². The van der Waals surface area contributed by atoms with Gasteiger partial charge in [-0.25, -0.2) is 4.79 Å². The van der Waals surface area contributed by atoms with E-state index in [1.165, 1.54) is 57.0 Å². The number of methoxy groups -OCH3 is 1. The number of unbranched alkanes of at least 4 members (excludes halogenated alkanes) is 5. The van der Waals surface area contributed by atoms with Gasteiger partial charge in [-0.15, -0.1) is 23.1 Å². The number of esters is 1. The Labute approximate surface area is 118 Å². The molecule has 0 atom stereocenters. The van der Waals surface area contributed by atoms with Crippen molar-refractivity contribution in [2.45, 2.75) is 50.3 Å². The number of carbonyl (C=O) groups is 1. The second-order valence-corrected chi connectivity index (χ2v) is 6.27. The summed E-state index contributed by atoms with van der Waals surface area (Å²) in [6, 6.07) is 2.01. The molecule has 4 heteroatoms. The van der Waals surface area contributed by atoms with E-state index < -0.39 is 0 Å². The summed E-state index contributed by atoms with van der Waals surface area (Å²) in [5.74, 6) is 0.878. The lowest BCUT2D eigenvalue weighted by molar-refractivity contribution is 0.0603. The van der Waals surface area contributed by atoms with Gasteiger partial charge in [0.2, 0.25) is 0 Å². The largest absolute Gasteiger partial charge is 0.465 e. The van der Waals surface area contributed by atoms with Crippen molar-refractivity contribution < 1.29 is 9.53 Å². The highest BCUT2D eigenvalue weighted by atomic mass is 32.2. The van der Waals surface area contributed by atoms with E-state index in [0.717, 1.165) is 15.5 Å². The second kappa shape index (κ2) is 9.45. The fourth-order valence-corrected chi connectivity index (χ4v) is 3.78. The first-order valence-corrected chi connectivity index (χ1v) is 8.44. The first-order valence-electron chi connectivity index (χ1n) is 6.58. The fourth-order valence-electron chi connectivity index (χ4n) is 1.72. The van der Waals surface area contributed by atoms with Gasteiger partial charge in [-0.05, 0) is 23.6 Å². The van der Waals surface area contributed by atoms with Crippen LogP contribution in [0.5, 0.6) is 0 Å². The topological polar surface area (TPSA) is 26.3 Å². The van der Waals surface area contributed by atoms with Crippen LogP contribution in [-0.2, 0) is 4.74 Å². The first kappa shape index (κ1) is 15.6. The molecule has 0 fully saturated rings. The summed E-state index contributed by atoms with van der Waals surface area (Å²) >= 11 is 3.23. The molecule has 0 aliphatic rings. The molecule has 1 aromatic rings. The number of thioether (sulfide) groups is 1. The molecule has 0 aromatic carbocycles. The zero-order valence-corrected chi connectivity index (χ0v) is 12.9. The Balaban J connectivity index is 2.19. The zero-order valence-electron chi connectivity index (χ0n) is 11.2.